The number of fused-ring (bicyclic) bond motifs is 1. The average molecular weight is 361 g/mol. The Morgan fingerprint density at radius 1 is 1.20 bits per heavy atom. The van der Waals surface area contributed by atoms with E-state index >= 15 is 0 Å². The predicted molar refractivity (Wildman–Crippen MR) is 101 cm³/mol. The van der Waals surface area contributed by atoms with E-state index in [4.69, 9.17) is 21.1 Å². The van der Waals surface area contributed by atoms with E-state index in [1.165, 1.54) is 5.56 Å². The van der Waals surface area contributed by atoms with Crippen molar-refractivity contribution in [2.24, 2.45) is 0 Å². The monoisotopic (exact) mass is 360 g/mol. The van der Waals surface area contributed by atoms with Crippen molar-refractivity contribution in [1.82, 2.24) is 9.88 Å². The highest BCUT2D eigenvalue weighted by atomic mass is 35.5. The van der Waals surface area contributed by atoms with Gasteiger partial charge in [0.2, 0.25) is 0 Å². The van der Waals surface area contributed by atoms with Gasteiger partial charge in [0.05, 0.1) is 5.02 Å². The summed E-state index contributed by atoms with van der Waals surface area (Å²) < 4.78 is 12.4. The maximum Gasteiger partial charge on any atom is 0.292 e. The van der Waals surface area contributed by atoms with E-state index in [1.807, 2.05) is 39.0 Å². The number of para-hydroxylation sites is 1. The van der Waals surface area contributed by atoms with Gasteiger partial charge in [0.1, 0.15) is 5.69 Å². The van der Waals surface area contributed by atoms with Gasteiger partial charge in [-0.25, -0.2) is 0 Å². The molecule has 3 heterocycles. The largest absolute Gasteiger partial charge is 0.443 e. The highest BCUT2D eigenvalue weighted by Gasteiger charge is 2.42. The predicted octanol–water partition coefficient (Wildman–Crippen LogP) is 4.82. The molecule has 2 aromatic rings. The van der Waals surface area contributed by atoms with Gasteiger partial charge >= 0.3 is 0 Å². The van der Waals surface area contributed by atoms with Gasteiger partial charge in [0.15, 0.2) is 11.5 Å². The molecule has 2 atom stereocenters. The Labute approximate surface area is 154 Å². The van der Waals surface area contributed by atoms with Gasteiger partial charge in [-0.05, 0) is 38.2 Å². The van der Waals surface area contributed by atoms with E-state index in [2.05, 4.69) is 23.0 Å². The molecule has 2 aliphatic rings. The Morgan fingerprint density at radius 3 is 2.64 bits per heavy atom. The van der Waals surface area contributed by atoms with E-state index in [1.54, 1.807) is 12.3 Å². The molecule has 0 N–H and O–H groups in total. The molecule has 0 saturated carbocycles. The molecule has 0 bridgehead atoms. The molecule has 0 spiro atoms. The quantitative estimate of drug-likeness (QED) is 0.768. The first-order valence-electron chi connectivity index (χ1n) is 8.87. The molecule has 25 heavy (non-hydrogen) atoms. The lowest BCUT2D eigenvalue weighted by Crippen LogP contribution is -2.32. The van der Waals surface area contributed by atoms with Crippen molar-refractivity contribution >= 4 is 11.6 Å². The summed E-state index contributed by atoms with van der Waals surface area (Å²) in [6, 6.07) is 9.79. The zero-order chi connectivity index (χ0) is 18.0. The Kier molecular flexibility index (Phi) is 5.21. The number of nitrogens with zero attached hydrogens (tertiary/aromatic N) is 2. The van der Waals surface area contributed by atoms with Crippen LogP contribution < -0.4 is 9.47 Å². The molecule has 0 radical (unpaired) electrons. The van der Waals surface area contributed by atoms with Gasteiger partial charge in [-0.1, -0.05) is 37.6 Å². The van der Waals surface area contributed by atoms with E-state index in [-0.39, 0.29) is 0 Å². The highest BCUT2D eigenvalue weighted by Crippen LogP contribution is 2.48. The zero-order valence-corrected chi connectivity index (χ0v) is 16.0. The summed E-state index contributed by atoms with van der Waals surface area (Å²) in [6.07, 6.45) is 2.76. The summed E-state index contributed by atoms with van der Waals surface area (Å²) in [5, 5.41) is 0.600. The van der Waals surface area contributed by atoms with E-state index in [0.717, 1.165) is 31.0 Å². The lowest BCUT2D eigenvalue weighted by atomic mass is 9.97. The molecular formula is C20H25ClN2O2. The molecule has 5 heteroatoms. The fourth-order valence-electron chi connectivity index (χ4n) is 3.41. The van der Waals surface area contributed by atoms with Crippen LogP contribution >= 0.6 is 11.6 Å². The standard InChI is InChI=1S/C18H19ClN2O2.C2H6/c1-18(16-7-6-13(19)10-20-16)22-15-5-3-4-14(17(15)23-18)12-8-9-21(2)11-12;1-2/h3-7,10,12H,8-9,11H2,1-2H3;1-2H3. The van der Waals surface area contributed by atoms with Crippen LogP contribution in [0.2, 0.25) is 5.02 Å². The number of aromatic nitrogens is 1. The van der Waals surface area contributed by atoms with Crippen molar-refractivity contribution < 1.29 is 9.47 Å². The van der Waals surface area contributed by atoms with Gasteiger partial charge in [0, 0.05) is 31.1 Å². The molecule has 4 nitrogen and oxygen atoms in total. The molecule has 1 aromatic heterocycles. The third-order valence-electron chi connectivity index (χ3n) is 4.63. The van der Waals surface area contributed by atoms with Gasteiger partial charge in [-0.2, -0.15) is 0 Å². The zero-order valence-electron chi connectivity index (χ0n) is 15.3. The second-order valence-electron chi connectivity index (χ2n) is 6.43. The Bertz CT molecular complexity index is 735. The van der Waals surface area contributed by atoms with Crippen LogP contribution in [0.4, 0.5) is 0 Å². The molecule has 0 aliphatic carbocycles. The second kappa shape index (κ2) is 7.22. The van der Waals surface area contributed by atoms with Crippen LogP contribution in [-0.4, -0.2) is 30.0 Å². The van der Waals surface area contributed by atoms with Crippen LogP contribution in [0.3, 0.4) is 0 Å². The first-order valence-corrected chi connectivity index (χ1v) is 9.24. The number of hydrogen-bond acceptors (Lipinski definition) is 4. The van der Waals surface area contributed by atoms with Crippen LogP contribution in [0.5, 0.6) is 11.5 Å². The van der Waals surface area contributed by atoms with E-state index < -0.39 is 5.79 Å². The molecule has 0 amide bonds. The molecular weight excluding hydrogens is 336 g/mol. The molecule has 2 aliphatic heterocycles. The van der Waals surface area contributed by atoms with Crippen LogP contribution in [-0.2, 0) is 5.79 Å². The van der Waals surface area contributed by atoms with Crippen molar-refractivity contribution in [1.29, 1.82) is 0 Å². The van der Waals surface area contributed by atoms with Crippen LogP contribution in [0.15, 0.2) is 36.5 Å². The molecule has 1 aromatic carbocycles. The number of rotatable bonds is 2. The van der Waals surface area contributed by atoms with Crippen LogP contribution in [0.1, 0.15) is 44.4 Å². The molecule has 4 rings (SSSR count). The minimum Gasteiger partial charge on any atom is -0.443 e. The van der Waals surface area contributed by atoms with Crippen molar-refractivity contribution in [3.63, 3.8) is 0 Å². The maximum absolute atomic E-state index is 6.25. The minimum atomic E-state index is -0.909. The van der Waals surface area contributed by atoms with Gasteiger partial charge in [-0.3, -0.25) is 4.98 Å². The third-order valence-corrected chi connectivity index (χ3v) is 4.86. The normalized spacial score (nSPS) is 24.8. The van der Waals surface area contributed by atoms with Gasteiger partial charge in [0.25, 0.3) is 5.79 Å². The lowest BCUT2D eigenvalue weighted by Gasteiger charge is -2.22. The Hall–Kier alpha value is -1.78. The highest BCUT2D eigenvalue weighted by molar-refractivity contribution is 6.30. The number of benzene rings is 1. The smallest absolute Gasteiger partial charge is 0.292 e. The fraction of sp³-hybridized carbons (Fsp3) is 0.450. The fourth-order valence-corrected chi connectivity index (χ4v) is 3.52. The van der Waals surface area contributed by atoms with E-state index in [9.17, 15) is 0 Å². The molecule has 2 unspecified atom stereocenters. The number of likely N-dealkylation sites (tertiary alicyclic amines) is 1. The lowest BCUT2D eigenvalue weighted by molar-refractivity contribution is -0.0721. The first kappa shape index (κ1) is 18.0. The van der Waals surface area contributed by atoms with Gasteiger partial charge < -0.3 is 14.4 Å². The molecule has 134 valence electrons. The van der Waals surface area contributed by atoms with Gasteiger partial charge in [-0.15, -0.1) is 0 Å². The summed E-state index contributed by atoms with van der Waals surface area (Å²) in [5.41, 5.74) is 1.94. The average Bonchev–Trinajstić information content (AvgIpc) is 3.20. The summed E-state index contributed by atoms with van der Waals surface area (Å²) in [5.74, 6) is 1.22. The minimum absolute atomic E-state index is 0.485. The second-order valence-corrected chi connectivity index (χ2v) is 6.87. The molecule has 1 fully saturated rings. The summed E-state index contributed by atoms with van der Waals surface area (Å²) >= 11 is 5.93. The Morgan fingerprint density at radius 2 is 2.00 bits per heavy atom. The number of hydrogen-bond donors (Lipinski definition) is 0. The number of halogens is 1. The number of ether oxygens (including phenoxy) is 2. The first-order chi connectivity index (χ1) is 12.0. The van der Waals surface area contributed by atoms with Crippen molar-refractivity contribution in [2.75, 3.05) is 20.1 Å². The SMILES string of the molecule is CC.CN1CCC(c2cccc3c2OC(C)(c2ccc(Cl)cn2)O3)C1. The van der Waals surface area contributed by atoms with Crippen LogP contribution in [0.25, 0.3) is 0 Å². The number of likely N-dealkylation sites (N-methyl/N-ethyl adjacent to an activating group) is 1. The van der Waals surface area contributed by atoms with Crippen molar-refractivity contribution in [2.45, 2.75) is 38.9 Å². The summed E-state index contributed by atoms with van der Waals surface area (Å²) in [4.78, 5) is 6.71. The third kappa shape index (κ3) is 3.46. The topological polar surface area (TPSA) is 34.6 Å². The summed E-state index contributed by atoms with van der Waals surface area (Å²) in [6.45, 7) is 8.06. The van der Waals surface area contributed by atoms with Crippen molar-refractivity contribution in [3.8, 4) is 11.5 Å². The van der Waals surface area contributed by atoms with E-state index in [0.29, 0.717) is 16.6 Å². The van der Waals surface area contributed by atoms with Crippen molar-refractivity contribution in [3.05, 3.63) is 52.8 Å². The van der Waals surface area contributed by atoms with Crippen LogP contribution in [0, 0.1) is 0 Å². The Balaban J connectivity index is 0.000000880. The molecule has 1 saturated heterocycles. The number of pyridine rings is 1. The summed E-state index contributed by atoms with van der Waals surface area (Å²) in [7, 11) is 2.16. The maximum atomic E-state index is 6.25.